The van der Waals surface area contributed by atoms with Crippen LogP contribution in [-0.2, 0) is 19.6 Å². The second-order valence-electron chi connectivity index (χ2n) is 5.16. The van der Waals surface area contributed by atoms with Crippen LogP contribution < -0.4 is 15.4 Å². The van der Waals surface area contributed by atoms with Gasteiger partial charge in [-0.1, -0.05) is 29.8 Å². The average Bonchev–Trinajstić information content (AvgIpc) is 2.79. The van der Waals surface area contributed by atoms with Gasteiger partial charge in [0.2, 0.25) is 10.0 Å². The van der Waals surface area contributed by atoms with Crippen molar-refractivity contribution in [2.75, 3.05) is 10.2 Å². The topological polar surface area (TPSA) is 110 Å². The SMILES string of the molecule is NS(=O)(=O)c1ccc(N2C(=O)C(Cl)=C(Nc3ccccc3)C2=O)cc1. The van der Waals surface area contributed by atoms with Crippen molar-refractivity contribution in [1.29, 1.82) is 0 Å². The largest absolute Gasteiger partial charge is 0.350 e. The van der Waals surface area contributed by atoms with Crippen LogP contribution in [0, 0.1) is 0 Å². The van der Waals surface area contributed by atoms with Gasteiger partial charge in [-0.05, 0) is 36.4 Å². The molecule has 0 bridgehead atoms. The summed E-state index contributed by atoms with van der Waals surface area (Å²) >= 11 is 6.01. The maximum atomic E-state index is 12.6. The van der Waals surface area contributed by atoms with Crippen LogP contribution in [0.2, 0.25) is 0 Å². The Hall–Kier alpha value is -2.68. The molecule has 3 rings (SSSR count). The van der Waals surface area contributed by atoms with Gasteiger partial charge >= 0.3 is 0 Å². The summed E-state index contributed by atoms with van der Waals surface area (Å²) in [6.07, 6.45) is 0. The maximum absolute atomic E-state index is 12.6. The number of carbonyl (C=O) groups is 2. The number of imide groups is 1. The van der Waals surface area contributed by atoms with Gasteiger partial charge in [-0.3, -0.25) is 9.59 Å². The highest BCUT2D eigenvalue weighted by molar-refractivity contribution is 7.89. The van der Waals surface area contributed by atoms with Gasteiger partial charge in [0, 0.05) is 5.69 Å². The van der Waals surface area contributed by atoms with E-state index < -0.39 is 21.8 Å². The molecule has 128 valence electrons. The lowest BCUT2D eigenvalue weighted by Gasteiger charge is -2.15. The maximum Gasteiger partial charge on any atom is 0.283 e. The average molecular weight is 378 g/mol. The normalized spacial score (nSPS) is 15.0. The van der Waals surface area contributed by atoms with E-state index in [1.807, 2.05) is 6.07 Å². The van der Waals surface area contributed by atoms with E-state index in [1.165, 1.54) is 24.3 Å². The van der Waals surface area contributed by atoms with Gasteiger partial charge in [0.25, 0.3) is 11.8 Å². The Morgan fingerprint density at radius 2 is 1.52 bits per heavy atom. The van der Waals surface area contributed by atoms with Crippen molar-refractivity contribution in [1.82, 2.24) is 0 Å². The summed E-state index contributed by atoms with van der Waals surface area (Å²) in [5, 5.41) is 7.61. The van der Waals surface area contributed by atoms with E-state index in [2.05, 4.69) is 5.32 Å². The number of halogens is 1. The first-order valence-corrected chi connectivity index (χ1v) is 8.95. The number of rotatable bonds is 4. The number of primary sulfonamides is 1. The molecule has 3 N–H and O–H groups in total. The molecule has 0 fully saturated rings. The molecule has 2 aromatic rings. The Labute approximate surface area is 148 Å². The quantitative estimate of drug-likeness (QED) is 0.789. The van der Waals surface area contributed by atoms with Crippen LogP contribution in [0.15, 0.2) is 70.2 Å². The number of benzene rings is 2. The fraction of sp³-hybridized carbons (Fsp3) is 0. The summed E-state index contributed by atoms with van der Waals surface area (Å²) < 4.78 is 22.6. The summed E-state index contributed by atoms with van der Waals surface area (Å²) in [5.41, 5.74) is 0.738. The van der Waals surface area contributed by atoms with E-state index in [4.69, 9.17) is 16.7 Å². The Balaban J connectivity index is 1.90. The van der Waals surface area contributed by atoms with E-state index in [0.717, 1.165) is 4.90 Å². The van der Waals surface area contributed by atoms with Gasteiger partial charge in [-0.15, -0.1) is 0 Å². The Bertz CT molecular complexity index is 986. The number of nitrogens with zero attached hydrogens (tertiary/aromatic N) is 1. The number of para-hydroxylation sites is 1. The number of nitrogens with two attached hydrogens (primary N) is 1. The molecule has 0 saturated heterocycles. The first-order chi connectivity index (χ1) is 11.8. The standard InChI is InChI=1S/C16H12ClN3O4S/c17-13-14(19-10-4-2-1-3-5-10)16(22)20(15(13)21)11-6-8-12(9-7-11)25(18,23)24/h1-9,19H,(H2,18,23,24). The second kappa shape index (κ2) is 6.32. The smallest absolute Gasteiger partial charge is 0.283 e. The molecule has 0 aliphatic carbocycles. The number of anilines is 2. The van der Waals surface area contributed by atoms with Crippen LogP contribution in [0.5, 0.6) is 0 Å². The highest BCUT2D eigenvalue weighted by Gasteiger charge is 2.39. The number of amides is 2. The lowest BCUT2D eigenvalue weighted by Crippen LogP contribution is -2.32. The molecule has 0 aromatic heterocycles. The van der Waals surface area contributed by atoms with Crippen molar-refractivity contribution >= 4 is 44.8 Å². The van der Waals surface area contributed by atoms with E-state index in [9.17, 15) is 18.0 Å². The van der Waals surface area contributed by atoms with Crippen molar-refractivity contribution in [2.24, 2.45) is 5.14 Å². The predicted octanol–water partition coefficient (Wildman–Crippen LogP) is 1.77. The number of sulfonamides is 1. The molecule has 0 unspecified atom stereocenters. The minimum Gasteiger partial charge on any atom is -0.350 e. The second-order valence-corrected chi connectivity index (χ2v) is 7.10. The zero-order chi connectivity index (χ0) is 18.2. The van der Waals surface area contributed by atoms with Crippen LogP contribution in [0.25, 0.3) is 0 Å². The van der Waals surface area contributed by atoms with Crippen molar-refractivity contribution in [3.05, 3.63) is 65.3 Å². The lowest BCUT2D eigenvalue weighted by molar-refractivity contribution is -0.120. The summed E-state index contributed by atoms with van der Waals surface area (Å²) in [5.74, 6) is -1.34. The predicted molar refractivity (Wildman–Crippen MR) is 93.3 cm³/mol. The van der Waals surface area contributed by atoms with Gasteiger partial charge in [0.05, 0.1) is 10.6 Å². The molecule has 0 atom stereocenters. The minimum atomic E-state index is -3.87. The van der Waals surface area contributed by atoms with Crippen LogP contribution in [-0.4, -0.2) is 20.2 Å². The Morgan fingerprint density at radius 3 is 2.08 bits per heavy atom. The van der Waals surface area contributed by atoms with Gasteiger partial charge in [0.1, 0.15) is 10.7 Å². The number of carbonyl (C=O) groups excluding carboxylic acids is 2. The van der Waals surface area contributed by atoms with Crippen LogP contribution in [0.4, 0.5) is 11.4 Å². The van der Waals surface area contributed by atoms with Gasteiger partial charge in [-0.2, -0.15) is 0 Å². The molecule has 0 saturated carbocycles. The highest BCUT2D eigenvalue weighted by atomic mass is 35.5. The van der Waals surface area contributed by atoms with Crippen LogP contribution in [0.1, 0.15) is 0 Å². The van der Waals surface area contributed by atoms with Crippen molar-refractivity contribution in [2.45, 2.75) is 4.90 Å². The third-order valence-corrected chi connectivity index (χ3v) is 4.77. The fourth-order valence-electron chi connectivity index (χ4n) is 2.30. The number of hydrogen-bond acceptors (Lipinski definition) is 5. The monoisotopic (exact) mass is 377 g/mol. The molecule has 1 heterocycles. The van der Waals surface area contributed by atoms with Crippen molar-refractivity contribution in [3.8, 4) is 0 Å². The highest BCUT2D eigenvalue weighted by Crippen LogP contribution is 2.30. The molecule has 0 radical (unpaired) electrons. The minimum absolute atomic E-state index is 0.0478. The third-order valence-electron chi connectivity index (χ3n) is 3.49. The zero-order valence-electron chi connectivity index (χ0n) is 12.6. The van der Waals surface area contributed by atoms with E-state index in [-0.39, 0.29) is 21.3 Å². The molecular formula is C16H12ClN3O4S. The molecule has 2 amide bonds. The molecule has 1 aliphatic rings. The summed E-state index contributed by atoms with van der Waals surface area (Å²) in [4.78, 5) is 25.6. The zero-order valence-corrected chi connectivity index (χ0v) is 14.2. The molecule has 0 spiro atoms. The first-order valence-electron chi connectivity index (χ1n) is 7.02. The van der Waals surface area contributed by atoms with E-state index in [1.54, 1.807) is 24.3 Å². The molecule has 2 aromatic carbocycles. The number of nitrogens with one attached hydrogen (secondary N) is 1. The van der Waals surface area contributed by atoms with Crippen LogP contribution in [0.3, 0.4) is 0 Å². The molecule has 1 aliphatic heterocycles. The van der Waals surface area contributed by atoms with E-state index >= 15 is 0 Å². The van der Waals surface area contributed by atoms with Crippen molar-refractivity contribution < 1.29 is 18.0 Å². The van der Waals surface area contributed by atoms with Gasteiger partial charge in [-0.25, -0.2) is 18.5 Å². The van der Waals surface area contributed by atoms with Gasteiger partial charge in [0.15, 0.2) is 0 Å². The molecular weight excluding hydrogens is 366 g/mol. The molecule has 25 heavy (non-hydrogen) atoms. The van der Waals surface area contributed by atoms with Crippen LogP contribution >= 0.6 is 11.6 Å². The molecule has 9 heteroatoms. The Morgan fingerprint density at radius 1 is 0.920 bits per heavy atom. The summed E-state index contributed by atoms with van der Waals surface area (Å²) in [7, 11) is -3.87. The third kappa shape index (κ3) is 3.27. The van der Waals surface area contributed by atoms with Gasteiger partial charge < -0.3 is 5.32 Å². The summed E-state index contributed by atoms with van der Waals surface area (Å²) in [6.45, 7) is 0. The lowest BCUT2D eigenvalue weighted by atomic mass is 10.3. The number of hydrogen-bond donors (Lipinski definition) is 2. The first kappa shape index (κ1) is 17.2. The molecule has 7 nitrogen and oxygen atoms in total. The van der Waals surface area contributed by atoms with Crippen molar-refractivity contribution in [3.63, 3.8) is 0 Å². The fourth-order valence-corrected chi connectivity index (χ4v) is 3.02. The van der Waals surface area contributed by atoms with E-state index in [0.29, 0.717) is 5.69 Å². The summed E-state index contributed by atoms with van der Waals surface area (Å²) in [6, 6.07) is 13.8. The Kier molecular flexibility index (Phi) is 4.34.